The standard InChI is InChI=1S/C17H22N4O.C2H6/c1-21(12-13-6-4-3-5-7-13)17-19-15-9-11-18-10-8-14(15)16(20-17)22-2;1-2/h3-7,18H,8-12H2,1-2H3;1-2H3. The molecule has 0 unspecified atom stereocenters. The molecule has 0 aliphatic carbocycles. The number of nitrogens with one attached hydrogen (secondary N) is 1. The van der Waals surface area contributed by atoms with E-state index in [9.17, 15) is 0 Å². The zero-order valence-electron chi connectivity index (χ0n) is 15.2. The molecule has 0 fully saturated rings. The van der Waals surface area contributed by atoms with Crippen molar-refractivity contribution >= 4 is 5.95 Å². The van der Waals surface area contributed by atoms with E-state index < -0.39 is 0 Å². The van der Waals surface area contributed by atoms with Crippen LogP contribution in [0.3, 0.4) is 0 Å². The lowest BCUT2D eigenvalue weighted by Gasteiger charge is -2.20. The van der Waals surface area contributed by atoms with Crippen LogP contribution in [0.5, 0.6) is 5.88 Å². The van der Waals surface area contributed by atoms with Gasteiger partial charge in [-0.25, -0.2) is 4.98 Å². The Balaban J connectivity index is 0.00000100. The van der Waals surface area contributed by atoms with E-state index in [4.69, 9.17) is 9.72 Å². The first-order valence-electron chi connectivity index (χ1n) is 8.67. The van der Waals surface area contributed by atoms with Crippen LogP contribution in [-0.4, -0.2) is 37.2 Å². The van der Waals surface area contributed by atoms with E-state index in [-0.39, 0.29) is 0 Å². The van der Waals surface area contributed by atoms with Crippen LogP contribution in [0.2, 0.25) is 0 Å². The molecule has 0 saturated heterocycles. The third kappa shape index (κ3) is 4.45. The molecule has 0 saturated carbocycles. The average molecular weight is 328 g/mol. The largest absolute Gasteiger partial charge is 0.481 e. The summed E-state index contributed by atoms with van der Waals surface area (Å²) < 4.78 is 5.50. The second kappa shape index (κ2) is 9.23. The van der Waals surface area contributed by atoms with Gasteiger partial charge in [-0.2, -0.15) is 4.98 Å². The van der Waals surface area contributed by atoms with Crippen LogP contribution in [0.4, 0.5) is 5.95 Å². The summed E-state index contributed by atoms with van der Waals surface area (Å²) in [5.41, 5.74) is 3.49. The summed E-state index contributed by atoms with van der Waals surface area (Å²) in [6, 6.07) is 10.3. The summed E-state index contributed by atoms with van der Waals surface area (Å²) in [4.78, 5) is 11.4. The van der Waals surface area contributed by atoms with Gasteiger partial charge in [-0.3, -0.25) is 0 Å². The Labute approximate surface area is 145 Å². The summed E-state index contributed by atoms with van der Waals surface area (Å²) in [7, 11) is 3.70. The first kappa shape index (κ1) is 18.2. The van der Waals surface area contributed by atoms with E-state index in [1.807, 2.05) is 39.1 Å². The first-order chi connectivity index (χ1) is 11.8. The monoisotopic (exact) mass is 328 g/mol. The van der Waals surface area contributed by atoms with Crippen molar-refractivity contribution in [2.45, 2.75) is 33.2 Å². The summed E-state index contributed by atoms with van der Waals surface area (Å²) in [5, 5.41) is 3.40. The maximum atomic E-state index is 5.50. The van der Waals surface area contributed by atoms with E-state index in [0.29, 0.717) is 5.88 Å². The van der Waals surface area contributed by atoms with Crippen LogP contribution in [0.25, 0.3) is 0 Å². The Morgan fingerprint density at radius 1 is 1.08 bits per heavy atom. The molecule has 0 amide bonds. The molecule has 2 aromatic rings. The zero-order chi connectivity index (χ0) is 17.4. The van der Waals surface area contributed by atoms with Crippen molar-refractivity contribution in [3.63, 3.8) is 0 Å². The van der Waals surface area contributed by atoms with Crippen LogP contribution in [0.1, 0.15) is 30.7 Å². The number of anilines is 1. The second-order valence-electron chi connectivity index (χ2n) is 5.55. The molecule has 130 valence electrons. The number of fused-ring (bicyclic) bond motifs is 1. The highest BCUT2D eigenvalue weighted by Gasteiger charge is 2.18. The van der Waals surface area contributed by atoms with Gasteiger partial charge in [-0.05, 0) is 18.5 Å². The van der Waals surface area contributed by atoms with Gasteiger partial charge < -0.3 is 15.0 Å². The lowest BCUT2D eigenvalue weighted by atomic mass is 10.1. The Bertz CT molecular complexity index is 631. The van der Waals surface area contributed by atoms with Gasteiger partial charge in [0.2, 0.25) is 11.8 Å². The lowest BCUT2D eigenvalue weighted by molar-refractivity contribution is 0.390. The third-order valence-electron chi connectivity index (χ3n) is 3.93. The molecule has 3 rings (SSSR count). The Morgan fingerprint density at radius 3 is 2.50 bits per heavy atom. The SMILES string of the molecule is CC.COc1nc(N(C)Cc2ccccc2)nc2c1CCNCC2. The average Bonchev–Trinajstić information content (AvgIpc) is 2.88. The molecule has 5 heteroatoms. The highest BCUT2D eigenvalue weighted by Crippen LogP contribution is 2.24. The molecule has 1 aromatic heterocycles. The summed E-state index contributed by atoms with van der Waals surface area (Å²) >= 11 is 0. The van der Waals surface area contributed by atoms with E-state index in [1.54, 1.807) is 7.11 Å². The van der Waals surface area contributed by atoms with Crippen LogP contribution in [0.15, 0.2) is 30.3 Å². The molecule has 0 bridgehead atoms. The maximum Gasteiger partial charge on any atom is 0.228 e. The molecule has 5 nitrogen and oxygen atoms in total. The molecule has 24 heavy (non-hydrogen) atoms. The van der Waals surface area contributed by atoms with E-state index in [2.05, 4.69) is 27.3 Å². The van der Waals surface area contributed by atoms with Crippen LogP contribution in [0, 0.1) is 0 Å². The van der Waals surface area contributed by atoms with Crippen LogP contribution < -0.4 is 15.0 Å². The molecule has 1 aliphatic rings. The Kier molecular flexibility index (Phi) is 7.00. The number of hydrogen-bond acceptors (Lipinski definition) is 5. The summed E-state index contributed by atoms with van der Waals surface area (Å²) in [6.45, 7) is 6.68. The van der Waals surface area contributed by atoms with Crippen molar-refractivity contribution in [2.75, 3.05) is 32.1 Å². The molecule has 0 radical (unpaired) electrons. The van der Waals surface area contributed by atoms with Gasteiger partial charge in [0, 0.05) is 32.1 Å². The van der Waals surface area contributed by atoms with Gasteiger partial charge in [-0.1, -0.05) is 44.2 Å². The van der Waals surface area contributed by atoms with Crippen LogP contribution in [-0.2, 0) is 19.4 Å². The van der Waals surface area contributed by atoms with Crippen molar-refractivity contribution in [1.29, 1.82) is 0 Å². The van der Waals surface area contributed by atoms with Crippen molar-refractivity contribution in [1.82, 2.24) is 15.3 Å². The minimum Gasteiger partial charge on any atom is -0.481 e. The minimum absolute atomic E-state index is 0.712. The number of benzene rings is 1. The van der Waals surface area contributed by atoms with Gasteiger partial charge in [0.25, 0.3) is 0 Å². The van der Waals surface area contributed by atoms with Gasteiger partial charge in [0.15, 0.2) is 0 Å². The fourth-order valence-corrected chi connectivity index (χ4v) is 2.77. The number of nitrogens with zero attached hydrogens (tertiary/aromatic N) is 3. The van der Waals surface area contributed by atoms with Crippen molar-refractivity contribution in [3.8, 4) is 5.88 Å². The molecule has 2 heterocycles. The second-order valence-corrected chi connectivity index (χ2v) is 5.55. The zero-order valence-corrected chi connectivity index (χ0v) is 15.2. The summed E-state index contributed by atoms with van der Waals surface area (Å²) in [6.07, 6.45) is 1.83. The summed E-state index contributed by atoms with van der Waals surface area (Å²) in [5.74, 6) is 1.44. The molecular formula is C19H28N4O. The first-order valence-corrected chi connectivity index (χ1v) is 8.67. The quantitative estimate of drug-likeness (QED) is 0.935. The molecular weight excluding hydrogens is 300 g/mol. The number of ether oxygens (including phenoxy) is 1. The fourth-order valence-electron chi connectivity index (χ4n) is 2.77. The van der Waals surface area contributed by atoms with Gasteiger partial charge in [-0.15, -0.1) is 0 Å². The van der Waals surface area contributed by atoms with Crippen LogP contribution >= 0.6 is 0 Å². The van der Waals surface area contributed by atoms with E-state index in [1.165, 1.54) is 5.56 Å². The van der Waals surface area contributed by atoms with Gasteiger partial charge in [0.05, 0.1) is 12.8 Å². The van der Waals surface area contributed by atoms with E-state index in [0.717, 1.165) is 49.7 Å². The lowest BCUT2D eigenvalue weighted by Crippen LogP contribution is -2.21. The van der Waals surface area contributed by atoms with Crippen molar-refractivity contribution in [2.24, 2.45) is 0 Å². The Hall–Kier alpha value is -2.14. The number of hydrogen-bond donors (Lipinski definition) is 1. The molecule has 1 aromatic carbocycles. The predicted octanol–water partition coefficient (Wildman–Crippen LogP) is 2.84. The normalized spacial score (nSPS) is 13.2. The molecule has 1 N–H and O–H groups in total. The Morgan fingerprint density at radius 2 is 1.79 bits per heavy atom. The fraction of sp³-hybridized carbons (Fsp3) is 0.474. The smallest absolute Gasteiger partial charge is 0.228 e. The van der Waals surface area contributed by atoms with Gasteiger partial charge in [0.1, 0.15) is 0 Å². The van der Waals surface area contributed by atoms with Crippen molar-refractivity contribution in [3.05, 3.63) is 47.2 Å². The maximum absolute atomic E-state index is 5.50. The highest BCUT2D eigenvalue weighted by atomic mass is 16.5. The number of rotatable bonds is 4. The predicted molar refractivity (Wildman–Crippen MR) is 98.8 cm³/mol. The number of methoxy groups -OCH3 is 1. The minimum atomic E-state index is 0.712. The molecule has 1 aliphatic heterocycles. The highest BCUT2D eigenvalue weighted by molar-refractivity contribution is 5.41. The number of aromatic nitrogens is 2. The third-order valence-corrected chi connectivity index (χ3v) is 3.93. The van der Waals surface area contributed by atoms with Crippen molar-refractivity contribution < 1.29 is 4.74 Å². The topological polar surface area (TPSA) is 50.3 Å². The van der Waals surface area contributed by atoms with E-state index >= 15 is 0 Å². The van der Waals surface area contributed by atoms with Gasteiger partial charge >= 0.3 is 0 Å². The molecule has 0 spiro atoms. The molecule has 0 atom stereocenters.